The van der Waals surface area contributed by atoms with Gasteiger partial charge in [-0.3, -0.25) is 5.41 Å². The summed E-state index contributed by atoms with van der Waals surface area (Å²) < 4.78 is 6.57. The van der Waals surface area contributed by atoms with E-state index in [1.54, 1.807) is 0 Å². The van der Waals surface area contributed by atoms with Gasteiger partial charge in [0.15, 0.2) is 0 Å². The van der Waals surface area contributed by atoms with Crippen LogP contribution in [0.4, 0.5) is 5.69 Å². The Balaban J connectivity index is 2.17. The van der Waals surface area contributed by atoms with Gasteiger partial charge in [-0.05, 0) is 31.0 Å². The van der Waals surface area contributed by atoms with Gasteiger partial charge < -0.3 is 15.4 Å². The first kappa shape index (κ1) is 13.4. The van der Waals surface area contributed by atoms with Gasteiger partial charge in [-0.1, -0.05) is 15.9 Å². The monoisotopic (exact) mass is 311 g/mol. The number of nitrogens with zero attached hydrogens (tertiary/aromatic N) is 1. The van der Waals surface area contributed by atoms with Crippen LogP contribution in [0.15, 0.2) is 22.7 Å². The summed E-state index contributed by atoms with van der Waals surface area (Å²) >= 11 is 3.41. The van der Waals surface area contributed by atoms with Crippen molar-refractivity contribution >= 4 is 27.5 Å². The summed E-state index contributed by atoms with van der Waals surface area (Å²) in [6.07, 6.45) is 2.53. The smallest absolute Gasteiger partial charge is 0.124 e. The number of hydrogen-bond donors (Lipinski definition) is 2. The van der Waals surface area contributed by atoms with Gasteiger partial charge in [0.1, 0.15) is 5.84 Å². The molecule has 1 saturated heterocycles. The zero-order chi connectivity index (χ0) is 13.1. The van der Waals surface area contributed by atoms with Crippen molar-refractivity contribution in [1.29, 1.82) is 5.41 Å². The maximum absolute atomic E-state index is 7.65. The van der Waals surface area contributed by atoms with E-state index >= 15 is 0 Å². The highest BCUT2D eigenvalue weighted by molar-refractivity contribution is 9.10. The Bertz CT molecular complexity index is 444. The van der Waals surface area contributed by atoms with Gasteiger partial charge >= 0.3 is 0 Å². The molecule has 0 amide bonds. The van der Waals surface area contributed by atoms with E-state index in [-0.39, 0.29) is 5.84 Å². The lowest BCUT2D eigenvalue weighted by Gasteiger charge is -2.25. The second-order valence-electron chi connectivity index (χ2n) is 4.59. The fourth-order valence-electron chi connectivity index (χ4n) is 2.25. The van der Waals surface area contributed by atoms with Gasteiger partial charge in [0.2, 0.25) is 0 Å². The zero-order valence-electron chi connectivity index (χ0n) is 10.4. The van der Waals surface area contributed by atoms with Crippen molar-refractivity contribution < 1.29 is 4.74 Å². The van der Waals surface area contributed by atoms with E-state index in [9.17, 15) is 0 Å². The number of nitrogen functional groups attached to an aromatic ring is 1. The van der Waals surface area contributed by atoms with E-state index in [2.05, 4.69) is 20.8 Å². The number of rotatable bonds is 4. The van der Waals surface area contributed by atoms with E-state index in [0.717, 1.165) is 41.7 Å². The molecule has 18 heavy (non-hydrogen) atoms. The quantitative estimate of drug-likeness (QED) is 0.663. The average Bonchev–Trinajstić information content (AvgIpc) is 2.81. The first-order valence-electron chi connectivity index (χ1n) is 6.04. The standard InChI is InChI=1S/C13H18BrN3O/c1-17(8-10-3-2-6-18-10)12-5-4-9(14)7-11(12)13(15)16/h4-5,7,10H,2-3,6,8H2,1H3,(H3,15,16). The number of ether oxygens (including phenoxy) is 1. The molecule has 1 aromatic carbocycles. The van der Waals surface area contributed by atoms with E-state index < -0.39 is 0 Å². The number of halogens is 1. The third kappa shape index (κ3) is 3.03. The Kier molecular flexibility index (Phi) is 4.24. The van der Waals surface area contributed by atoms with Crippen LogP contribution in [0.2, 0.25) is 0 Å². The lowest BCUT2D eigenvalue weighted by atomic mass is 10.1. The summed E-state index contributed by atoms with van der Waals surface area (Å²) in [6.45, 7) is 1.69. The molecule has 0 spiro atoms. The largest absolute Gasteiger partial charge is 0.384 e. The molecule has 0 aliphatic carbocycles. The molecular weight excluding hydrogens is 294 g/mol. The van der Waals surface area contributed by atoms with Crippen molar-refractivity contribution in [2.24, 2.45) is 5.73 Å². The fourth-order valence-corrected chi connectivity index (χ4v) is 2.61. The highest BCUT2D eigenvalue weighted by Crippen LogP contribution is 2.25. The second-order valence-corrected chi connectivity index (χ2v) is 5.51. The highest BCUT2D eigenvalue weighted by Gasteiger charge is 2.19. The molecule has 1 fully saturated rings. The summed E-state index contributed by atoms with van der Waals surface area (Å²) in [7, 11) is 2.01. The van der Waals surface area contributed by atoms with Crippen LogP contribution in [0.3, 0.4) is 0 Å². The van der Waals surface area contributed by atoms with Crippen molar-refractivity contribution in [2.75, 3.05) is 25.1 Å². The number of hydrogen-bond acceptors (Lipinski definition) is 3. The summed E-state index contributed by atoms with van der Waals surface area (Å²) in [5.74, 6) is 0.0884. The predicted octanol–water partition coefficient (Wildman–Crippen LogP) is 2.35. The SMILES string of the molecule is CN(CC1CCCO1)c1ccc(Br)cc1C(=N)N. The Labute approximate surface area is 116 Å². The van der Waals surface area contributed by atoms with Crippen LogP contribution < -0.4 is 10.6 Å². The molecule has 0 bridgehead atoms. The minimum Gasteiger partial charge on any atom is -0.384 e. The minimum absolute atomic E-state index is 0.0884. The number of likely N-dealkylation sites (N-methyl/N-ethyl adjacent to an activating group) is 1. The lowest BCUT2D eigenvalue weighted by Crippen LogP contribution is -2.30. The molecule has 0 aromatic heterocycles. The molecule has 3 N–H and O–H groups in total. The Hall–Kier alpha value is -1.07. The van der Waals surface area contributed by atoms with Crippen molar-refractivity contribution in [3.8, 4) is 0 Å². The Morgan fingerprint density at radius 1 is 1.61 bits per heavy atom. The van der Waals surface area contributed by atoms with Crippen molar-refractivity contribution in [1.82, 2.24) is 0 Å². The summed E-state index contributed by atoms with van der Waals surface area (Å²) in [5, 5.41) is 7.65. The number of nitrogens with two attached hydrogens (primary N) is 1. The van der Waals surface area contributed by atoms with Gasteiger partial charge in [-0.2, -0.15) is 0 Å². The molecule has 1 unspecified atom stereocenters. The van der Waals surface area contributed by atoms with E-state index in [1.165, 1.54) is 0 Å². The van der Waals surface area contributed by atoms with Crippen LogP contribution in [-0.4, -0.2) is 32.1 Å². The molecule has 1 aliphatic rings. The number of amidine groups is 1. The molecule has 0 radical (unpaired) electrons. The number of anilines is 1. The summed E-state index contributed by atoms with van der Waals surface area (Å²) in [5.41, 5.74) is 7.36. The third-order valence-electron chi connectivity index (χ3n) is 3.16. The van der Waals surface area contributed by atoms with Crippen LogP contribution in [0.1, 0.15) is 18.4 Å². The maximum atomic E-state index is 7.65. The van der Waals surface area contributed by atoms with Crippen LogP contribution in [-0.2, 0) is 4.74 Å². The van der Waals surface area contributed by atoms with Crippen LogP contribution in [0.25, 0.3) is 0 Å². The first-order valence-corrected chi connectivity index (χ1v) is 6.84. The van der Waals surface area contributed by atoms with Gasteiger partial charge in [-0.25, -0.2) is 0 Å². The van der Waals surface area contributed by atoms with Gasteiger partial charge in [0.05, 0.1) is 6.10 Å². The Morgan fingerprint density at radius 2 is 2.39 bits per heavy atom. The molecule has 2 rings (SSSR count). The van der Waals surface area contributed by atoms with Crippen LogP contribution in [0, 0.1) is 5.41 Å². The van der Waals surface area contributed by atoms with Crippen molar-refractivity contribution in [3.63, 3.8) is 0 Å². The third-order valence-corrected chi connectivity index (χ3v) is 3.65. The lowest BCUT2D eigenvalue weighted by molar-refractivity contribution is 0.116. The molecule has 1 aromatic rings. The summed E-state index contributed by atoms with van der Waals surface area (Å²) in [6, 6.07) is 5.83. The van der Waals surface area contributed by atoms with Gasteiger partial charge in [-0.15, -0.1) is 0 Å². The molecule has 4 nitrogen and oxygen atoms in total. The van der Waals surface area contributed by atoms with E-state index in [1.807, 2.05) is 25.2 Å². The molecular formula is C13H18BrN3O. The second kappa shape index (κ2) is 5.71. The predicted molar refractivity (Wildman–Crippen MR) is 77.4 cm³/mol. The first-order chi connectivity index (χ1) is 8.58. The minimum atomic E-state index is 0.0884. The number of nitrogens with one attached hydrogen (secondary N) is 1. The van der Waals surface area contributed by atoms with Gasteiger partial charge in [0, 0.05) is 35.9 Å². The maximum Gasteiger partial charge on any atom is 0.124 e. The molecule has 1 atom stereocenters. The van der Waals surface area contributed by atoms with E-state index in [0.29, 0.717) is 6.10 Å². The van der Waals surface area contributed by atoms with Gasteiger partial charge in [0.25, 0.3) is 0 Å². The van der Waals surface area contributed by atoms with Crippen molar-refractivity contribution in [2.45, 2.75) is 18.9 Å². The molecule has 0 saturated carbocycles. The average molecular weight is 312 g/mol. The van der Waals surface area contributed by atoms with E-state index in [4.69, 9.17) is 15.9 Å². The molecule has 98 valence electrons. The summed E-state index contributed by atoms with van der Waals surface area (Å²) in [4.78, 5) is 2.11. The zero-order valence-corrected chi connectivity index (χ0v) is 12.0. The molecule has 5 heteroatoms. The number of benzene rings is 1. The topological polar surface area (TPSA) is 62.3 Å². The van der Waals surface area contributed by atoms with Crippen LogP contribution in [0.5, 0.6) is 0 Å². The van der Waals surface area contributed by atoms with Crippen LogP contribution >= 0.6 is 15.9 Å². The molecule has 1 aliphatic heterocycles. The fraction of sp³-hybridized carbons (Fsp3) is 0.462. The normalized spacial score (nSPS) is 18.9. The van der Waals surface area contributed by atoms with Crippen molar-refractivity contribution in [3.05, 3.63) is 28.2 Å². The Morgan fingerprint density at radius 3 is 3.00 bits per heavy atom. The molecule has 1 heterocycles. The highest BCUT2D eigenvalue weighted by atomic mass is 79.9.